The number of carbonyl (C=O) groups excluding carboxylic acids is 3. The highest BCUT2D eigenvalue weighted by molar-refractivity contribution is 6.02. The molecule has 0 aromatic heterocycles. The van der Waals surface area contributed by atoms with E-state index in [2.05, 4.69) is 6.92 Å². The van der Waals surface area contributed by atoms with Crippen LogP contribution in [0.4, 0.5) is 0 Å². The van der Waals surface area contributed by atoms with Gasteiger partial charge in [-0.1, -0.05) is 96.8 Å². The molecule has 0 aromatic rings. The molecule has 0 spiro atoms. The van der Waals surface area contributed by atoms with E-state index in [0.29, 0.717) is 6.42 Å². The third-order valence-corrected chi connectivity index (χ3v) is 5.59. The van der Waals surface area contributed by atoms with Crippen LogP contribution in [0.3, 0.4) is 0 Å². The van der Waals surface area contributed by atoms with Crippen molar-refractivity contribution >= 4 is 17.7 Å². The molecule has 0 aliphatic rings. The predicted molar refractivity (Wildman–Crippen MR) is 133 cm³/mol. The second-order valence-corrected chi connectivity index (χ2v) is 9.07. The maximum atomic E-state index is 12.0. The molecule has 34 heavy (non-hydrogen) atoms. The van der Waals surface area contributed by atoms with Crippen LogP contribution in [0.5, 0.6) is 0 Å². The quantitative estimate of drug-likeness (QED) is 0.0643. The fraction of sp³-hybridized carbons (Fsp3) is 0.815. The summed E-state index contributed by atoms with van der Waals surface area (Å²) in [6.07, 6.45) is 18.8. The molecule has 7 nitrogen and oxygen atoms in total. The van der Waals surface area contributed by atoms with Gasteiger partial charge in [-0.05, 0) is 6.42 Å². The van der Waals surface area contributed by atoms with Gasteiger partial charge in [-0.3, -0.25) is 14.4 Å². The Morgan fingerprint density at radius 1 is 0.794 bits per heavy atom. The van der Waals surface area contributed by atoms with Gasteiger partial charge < -0.3 is 19.7 Å². The number of ether oxygens (including phenoxy) is 2. The van der Waals surface area contributed by atoms with Crippen molar-refractivity contribution in [1.82, 2.24) is 0 Å². The highest BCUT2D eigenvalue weighted by atomic mass is 16.5. The molecule has 1 atom stereocenters. The van der Waals surface area contributed by atoms with E-state index in [-0.39, 0.29) is 12.4 Å². The molecule has 0 bridgehead atoms. The van der Waals surface area contributed by atoms with Crippen LogP contribution in [0.2, 0.25) is 0 Å². The summed E-state index contributed by atoms with van der Waals surface area (Å²) in [5, 5.41) is 17.9. The van der Waals surface area contributed by atoms with Crippen LogP contribution in [0.15, 0.2) is 11.8 Å². The molecule has 0 fully saturated rings. The van der Waals surface area contributed by atoms with Crippen molar-refractivity contribution in [3.05, 3.63) is 11.8 Å². The zero-order valence-electron chi connectivity index (χ0n) is 21.5. The van der Waals surface area contributed by atoms with Gasteiger partial charge in [-0.15, -0.1) is 0 Å². The van der Waals surface area contributed by atoms with Crippen LogP contribution in [-0.2, 0) is 23.9 Å². The first-order valence-electron chi connectivity index (χ1n) is 13.2. The Kier molecular flexibility index (Phi) is 21.9. The van der Waals surface area contributed by atoms with Crippen LogP contribution >= 0.6 is 0 Å². The topological polar surface area (TPSA) is 110 Å². The van der Waals surface area contributed by atoms with Crippen molar-refractivity contribution in [2.75, 3.05) is 13.2 Å². The highest BCUT2D eigenvalue weighted by Crippen LogP contribution is 2.16. The molecule has 0 rings (SSSR count). The smallest absolute Gasteiger partial charge is 0.313 e. The molecule has 1 unspecified atom stereocenters. The zero-order chi connectivity index (χ0) is 25.4. The Morgan fingerprint density at radius 3 is 1.71 bits per heavy atom. The number of allylic oxidation sites excluding steroid dienone is 2. The number of rotatable bonds is 23. The number of esters is 2. The third-order valence-electron chi connectivity index (χ3n) is 5.59. The van der Waals surface area contributed by atoms with E-state index in [4.69, 9.17) is 19.7 Å². The van der Waals surface area contributed by atoms with Crippen LogP contribution in [0.25, 0.3) is 0 Å². The highest BCUT2D eigenvalue weighted by Gasteiger charge is 2.13. The largest absolute Gasteiger partial charge is 0.462 e. The number of ketones is 1. The molecule has 0 heterocycles. The van der Waals surface area contributed by atoms with Crippen molar-refractivity contribution in [3.8, 4) is 0 Å². The maximum Gasteiger partial charge on any atom is 0.313 e. The first-order chi connectivity index (χ1) is 16.4. The molecular formula is C27H48O7. The minimum Gasteiger partial charge on any atom is -0.462 e. The fourth-order valence-electron chi connectivity index (χ4n) is 3.67. The van der Waals surface area contributed by atoms with E-state index in [1.807, 2.05) is 0 Å². The summed E-state index contributed by atoms with van der Waals surface area (Å²) in [4.78, 5) is 35.0. The normalized spacial score (nSPS) is 12.4. The van der Waals surface area contributed by atoms with Crippen LogP contribution in [0, 0.1) is 0 Å². The van der Waals surface area contributed by atoms with E-state index < -0.39 is 36.9 Å². The molecular weight excluding hydrogens is 436 g/mol. The summed E-state index contributed by atoms with van der Waals surface area (Å²) < 4.78 is 9.83. The molecule has 2 N–H and O–H groups in total. The Bertz CT molecular complexity index is 571. The average molecular weight is 485 g/mol. The monoisotopic (exact) mass is 484 g/mol. The Balaban J connectivity index is 3.91. The van der Waals surface area contributed by atoms with Gasteiger partial charge in [0.05, 0.1) is 6.61 Å². The summed E-state index contributed by atoms with van der Waals surface area (Å²) in [7, 11) is 0. The van der Waals surface area contributed by atoms with Crippen molar-refractivity contribution in [2.45, 2.75) is 129 Å². The van der Waals surface area contributed by atoms with Gasteiger partial charge in [0.2, 0.25) is 0 Å². The van der Waals surface area contributed by atoms with Crippen LogP contribution in [0.1, 0.15) is 123 Å². The molecule has 0 saturated heterocycles. The number of unbranched alkanes of at least 4 members (excludes halogenated alkanes) is 14. The number of aliphatic hydroxyl groups excluding tert-OH is 2. The Hall–Kier alpha value is -1.73. The number of aliphatic hydroxyl groups is 2. The lowest BCUT2D eigenvalue weighted by Gasteiger charge is -2.09. The second kappa shape index (κ2) is 23.0. The van der Waals surface area contributed by atoms with Gasteiger partial charge in [-0.25, -0.2) is 0 Å². The van der Waals surface area contributed by atoms with Gasteiger partial charge in [0.15, 0.2) is 5.78 Å². The van der Waals surface area contributed by atoms with Crippen LogP contribution in [-0.4, -0.2) is 47.3 Å². The SMILES string of the molecule is CCCCCCCCCCCCCCCCC/C(=C/C(=O)CC(=O)OCC(O)CO)OC(C)=O. The van der Waals surface area contributed by atoms with Crippen molar-refractivity contribution < 1.29 is 34.1 Å². The van der Waals surface area contributed by atoms with E-state index in [0.717, 1.165) is 19.3 Å². The van der Waals surface area contributed by atoms with Gasteiger partial charge in [-0.2, -0.15) is 0 Å². The first-order valence-corrected chi connectivity index (χ1v) is 13.2. The molecule has 198 valence electrons. The average Bonchev–Trinajstić information content (AvgIpc) is 2.79. The lowest BCUT2D eigenvalue weighted by Crippen LogP contribution is -2.22. The lowest BCUT2D eigenvalue weighted by atomic mass is 10.0. The van der Waals surface area contributed by atoms with E-state index in [9.17, 15) is 14.4 Å². The van der Waals surface area contributed by atoms with Crippen LogP contribution < -0.4 is 0 Å². The number of hydrogen-bond acceptors (Lipinski definition) is 7. The van der Waals surface area contributed by atoms with Crippen molar-refractivity contribution in [1.29, 1.82) is 0 Å². The molecule has 0 aliphatic heterocycles. The molecule has 0 radical (unpaired) electrons. The van der Waals surface area contributed by atoms with Gasteiger partial charge >= 0.3 is 11.9 Å². The summed E-state index contributed by atoms with van der Waals surface area (Å²) in [5.74, 6) is -1.58. The van der Waals surface area contributed by atoms with Gasteiger partial charge in [0.1, 0.15) is 24.9 Å². The van der Waals surface area contributed by atoms with Gasteiger partial charge in [0, 0.05) is 19.4 Å². The first kappa shape index (κ1) is 32.3. The van der Waals surface area contributed by atoms with E-state index in [1.54, 1.807) is 0 Å². The summed E-state index contributed by atoms with van der Waals surface area (Å²) >= 11 is 0. The standard InChI is InChI=1S/C27H48O7/c1-3-4-5-6-7-8-9-10-11-12-13-14-15-16-17-18-26(34-23(2)29)19-24(30)20-27(32)33-22-25(31)21-28/h19,25,28,31H,3-18,20-22H2,1-2H3/b26-19-. The van der Waals surface area contributed by atoms with Crippen molar-refractivity contribution in [3.63, 3.8) is 0 Å². The van der Waals surface area contributed by atoms with E-state index >= 15 is 0 Å². The summed E-state index contributed by atoms with van der Waals surface area (Å²) in [5.41, 5.74) is 0. The molecule has 0 amide bonds. The minimum atomic E-state index is -1.17. The molecule has 0 saturated carbocycles. The van der Waals surface area contributed by atoms with Gasteiger partial charge in [0.25, 0.3) is 0 Å². The predicted octanol–water partition coefficient (Wildman–Crippen LogP) is 5.55. The second-order valence-electron chi connectivity index (χ2n) is 9.07. The Labute approximate surface area is 206 Å². The minimum absolute atomic E-state index is 0.260. The lowest BCUT2D eigenvalue weighted by molar-refractivity contribution is -0.148. The summed E-state index contributed by atoms with van der Waals surface area (Å²) in [6, 6.07) is 0. The zero-order valence-corrected chi connectivity index (χ0v) is 21.5. The molecule has 0 aliphatic carbocycles. The molecule has 7 heteroatoms. The van der Waals surface area contributed by atoms with Crippen molar-refractivity contribution in [2.24, 2.45) is 0 Å². The Morgan fingerprint density at radius 2 is 1.26 bits per heavy atom. The van der Waals surface area contributed by atoms with E-state index in [1.165, 1.54) is 90.0 Å². The maximum absolute atomic E-state index is 12.0. The number of hydrogen-bond donors (Lipinski definition) is 2. The molecule has 0 aromatic carbocycles. The third kappa shape index (κ3) is 22.1. The number of carbonyl (C=O) groups is 3. The summed E-state index contributed by atoms with van der Waals surface area (Å²) in [6.45, 7) is 2.62. The fourth-order valence-corrected chi connectivity index (χ4v) is 3.67.